The quantitative estimate of drug-likeness (QED) is 0.763. The molecule has 0 amide bonds. The summed E-state index contributed by atoms with van der Waals surface area (Å²) >= 11 is 0. The molecule has 0 radical (unpaired) electrons. The van der Waals surface area contributed by atoms with E-state index in [4.69, 9.17) is 10.2 Å². The van der Waals surface area contributed by atoms with Crippen LogP contribution in [0.3, 0.4) is 0 Å². The van der Waals surface area contributed by atoms with Crippen LogP contribution in [0.1, 0.15) is 12.5 Å². The molecule has 0 fully saturated rings. The first-order valence-corrected chi connectivity index (χ1v) is 4.54. The molecule has 2 nitrogen and oxygen atoms in total. The van der Waals surface area contributed by atoms with Gasteiger partial charge in [-0.2, -0.15) is 0 Å². The maximum atomic E-state index is 12.2. The number of rotatable bonds is 2. The van der Waals surface area contributed by atoms with E-state index in [1.165, 1.54) is 12.1 Å². The summed E-state index contributed by atoms with van der Waals surface area (Å²) in [6.07, 6.45) is 0. The minimum absolute atomic E-state index is 0.0463. The van der Waals surface area contributed by atoms with E-state index in [0.717, 1.165) is 5.56 Å². The van der Waals surface area contributed by atoms with Gasteiger partial charge in [-0.05, 0) is 24.6 Å². The highest BCUT2D eigenvalue weighted by molar-refractivity contribution is 5.13. The first kappa shape index (κ1) is 13.1. The van der Waals surface area contributed by atoms with Gasteiger partial charge in [0.2, 0.25) is 0 Å². The molecule has 2 N–H and O–H groups in total. The van der Waals surface area contributed by atoms with Crippen molar-refractivity contribution in [1.29, 1.82) is 0 Å². The third kappa shape index (κ3) is 6.57. The van der Waals surface area contributed by atoms with E-state index in [2.05, 4.69) is 0 Å². The van der Waals surface area contributed by atoms with Gasteiger partial charge in [0.25, 0.3) is 0 Å². The first-order chi connectivity index (χ1) is 6.60. The van der Waals surface area contributed by atoms with E-state index in [9.17, 15) is 4.39 Å². The Bertz CT molecular complexity index is 230. The highest BCUT2D eigenvalue weighted by Gasteiger charge is 1.91. The number of aliphatic hydroxyl groups excluding tert-OH is 2. The van der Waals surface area contributed by atoms with Crippen molar-refractivity contribution >= 4 is 0 Å². The van der Waals surface area contributed by atoms with Gasteiger partial charge < -0.3 is 10.2 Å². The predicted molar refractivity (Wildman–Crippen MR) is 54.5 cm³/mol. The van der Waals surface area contributed by atoms with Crippen molar-refractivity contribution in [3.05, 3.63) is 35.6 Å². The van der Waals surface area contributed by atoms with Gasteiger partial charge in [0.05, 0.1) is 0 Å². The van der Waals surface area contributed by atoms with Crippen molar-refractivity contribution in [1.82, 2.24) is 0 Å². The predicted octanol–water partition coefficient (Wildman–Crippen LogP) is 1.74. The van der Waals surface area contributed by atoms with Gasteiger partial charge in [-0.1, -0.05) is 19.1 Å². The Morgan fingerprint density at radius 1 is 1.29 bits per heavy atom. The van der Waals surface area contributed by atoms with E-state index in [1.807, 2.05) is 13.0 Å². The Balaban J connectivity index is 0.000000255. The summed E-state index contributed by atoms with van der Waals surface area (Å²) in [5.74, 6) is -0.116. The van der Waals surface area contributed by atoms with Crippen molar-refractivity contribution in [2.75, 3.05) is 13.2 Å². The van der Waals surface area contributed by atoms with E-state index >= 15 is 0 Å². The molecule has 0 spiro atoms. The highest BCUT2D eigenvalue weighted by atomic mass is 19.1. The third-order valence-electron chi connectivity index (χ3n) is 1.60. The summed E-state index contributed by atoms with van der Waals surface area (Å²) in [5, 5.41) is 16.3. The molecule has 0 saturated carbocycles. The lowest BCUT2D eigenvalue weighted by Crippen LogP contribution is -2.04. The minimum Gasteiger partial charge on any atom is -0.396 e. The van der Waals surface area contributed by atoms with Gasteiger partial charge in [0, 0.05) is 19.1 Å². The number of aliphatic hydroxyl groups is 2. The molecule has 3 heteroatoms. The third-order valence-corrected chi connectivity index (χ3v) is 1.60. The van der Waals surface area contributed by atoms with Crippen molar-refractivity contribution < 1.29 is 14.6 Å². The maximum Gasteiger partial charge on any atom is 0.123 e. The van der Waals surface area contributed by atoms with Crippen LogP contribution in [-0.4, -0.2) is 23.4 Å². The molecule has 0 aliphatic rings. The fourth-order valence-corrected chi connectivity index (χ4v) is 0.663. The van der Waals surface area contributed by atoms with Crippen LogP contribution in [-0.2, 0) is 0 Å². The number of hydrogen-bond donors (Lipinski definition) is 2. The minimum atomic E-state index is -0.162. The van der Waals surface area contributed by atoms with Crippen LogP contribution in [0.5, 0.6) is 0 Å². The lowest BCUT2D eigenvalue weighted by molar-refractivity contribution is 0.162. The van der Waals surface area contributed by atoms with E-state index in [0.29, 0.717) is 0 Å². The van der Waals surface area contributed by atoms with Crippen LogP contribution in [0, 0.1) is 18.7 Å². The Labute approximate surface area is 84.0 Å². The number of hydrogen-bond acceptors (Lipinski definition) is 2. The lowest BCUT2D eigenvalue weighted by Gasteiger charge is -1.97. The molecule has 0 atom stereocenters. The normalized spacial score (nSPS) is 9.57. The summed E-state index contributed by atoms with van der Waals surface area (Å²) < 4.78 is 12.2. The Morgan fingerprint density at radius 2 is 1.86 bits per heavy atom. The number of aryl methyl sites for hydroxylation is 1. The molecule has 14 heavy (non-hydrogen) atoms. The highest BCUT2D eigenvalue weighted by Crippen LogP contribution is 1.99. The zero-order valence-electron chi connectivity index (χ0n) is 8.57. The van der Waals surface area contributed by atoms with Crippen LogP contribution in [0.2, 0.25) is 0 Å². The average Bonchev–Trinajstić information content (AvgIpc) is 2.17. The summed E-state index contributed by atoms with van der Waals surface area (Å²) in [6, 6.07) is 6.50. The van der Waals surface area contributed by atoms with Gasteiger partial charge in [-0.15, -0.1) is 0 Å². The second-order valence-electron chi connectivity index (χ2n) is 3.27. The van der Waals surface area contributed by atoms with Crippen LogP contribution < -0.4 is 0 Å². The summed E-state index contributed by atoms with van der Waals surface area (Å²) in [7, 11) is 0. The molecule has 80 valence electrons. The first-order valence-electron chi connectivity index (χ1n) is 4.54. The summed E-state index contributed by atoms with van der Waals surface area (Å²) in [6.45, 7) is 3.80. The SMILES string of the molecule is CC(CO)CO.Cc1cccc(F)c1. The van der Waals surface area contributed by atoms with Gasteiger partial charge in [-0.25, -0.2) is 4.39 Å². The molecule has 1 aromatic carbocycles. The fraction of sp³-hybridized carbons (Fsp3) is 0.455. The average molecular weight is 200 g/mol. The van der Waals surface area contributed by atoms with Crippen LogP contribution >= 0.6 is 0 Å². The van der Waals surface area contributed by atoms with Crippen LogP contribution in [0.25, 0.3) is 0 Å². The fourth-order valence-electron chi connectivity index (χ4n) is 0.663. The van der Waals surface area contributed by atoms with Gasteiger partial charge in [0.1, 0.15) is 5.82 Å². The monoisotopic (exact) mass is 200 g/mol. The molecular formula is C11H17FO2. The zero-order valence-corrected chi connectivity index (χ0v) is 8.57. The van der Waals surface area contributed by atoms with Gasteiger partial charge in [0.15, 0.2) is 0 Å². The Morgan fingerprint density at radius 3 is 2.07 bits per heavy atom. The van der Waals surface area contributed by atoms with Crippen molar-refractivity contribution in [3.8, 4) is 0 Å². The topological polar surface area (TPSA) is 40.5 Å². The van der Waals surface area contributed by atoms with Crippen LogP contribution in [0.4, 0.5) is 4.39 Å². The zero-order chi connectivity index (χ0) is 11.0. The molecule has 1 aromatic rings. The number of halogens is 1. The van der Waals surface area contributed by atoms with E-state index in [1.54, 1.807) is 13.0 Å². The molecule has 0 aliphatic carbocycles. The molecule has 0 saturated heterocycles. The smallest absolute Gasteiger partial charge is 0.123 e. The van der Waals surface area contributed by atoms with Crippen molar-refractivity contribution in [2.24, 2.45) is 5.92 Å². The van der Waals surface area contributed by atoms with Crippen LogP contribution in [0.15, 0.2) is 24.3 Å². The Kier molecular flexibility index (Phi) is 6.98. The molecule has 0 heterocycles. The number of benzene rings is 1. The second kappa shape index (κ2) is 7.47. The molecule has 0 aliphatic heterocycles. The largest absolute Gasteiger partial charge is 0.396 e. The van der Waals surface area contributed by atoms with Crippen molar-refractivity contribution in [2.45, 2.75) is 13.8 Å². The lowest BCUT2D eigenvalue weighted by atomic mass is 10.2. The maximum absolute atomic E-state index is 12.2. The van der Waals surface area contributed by atoms with E-state index < -0.39 is 0 Å². The summed E-state index contributed by atoms with van der Waals surface area (Å²) in [4.78, 5) is 0. The second-order valence-corrected chi connectivity index (χ2v) is 3.27. The Hall–Kier alpha value is -0.930. The van der Waals surface area contributed by atoms with Gasteiger partial charge in [-0.3, -0.25) is 0 Å². The van der Waals surface area contributed by atoms with E-state index in [-0.39, 0.29) is 24.9 Å². The van der Waals surface area contributed by atoms with Gasteiger partial charge >= 0.3 is 0 Å². The molecule has 0 bridgehead atoms. The summed E-state index contributed by atoms with van der Waals surface area (Å²) in [5.41, 5.74) is 0.963. The molecule has 0 aromatic heterocycles. The van der Waals surface area contributed by atoms with Crippen molar-refractivity contribution in [3.63, 3.8) is 0 Å². The molecular weight excluding hydrogens is 183 g/mol. The standard InChI is InChI=1S/C7H7F.C4H10O2/c1-6-3-2-4-7(8)5-6;1-4(2-5)3-6/h2-5H,1H3;4-6H,2-3H2,1H3. The molecule has 0 unspecified atom stereocenters. The molecule has 1 rings (SSSR count).